The van der Waals surface area contributed by atoms with Gasteiger partial charge in [0, 0.05) is 18.5 Å². The summed E-state index contributed by atoms with van der Waals surface area (Å²) in [6.07, 6.45) is 1.04. The van der Waals surface area contributed by atoms with E-state index in [1.54, 1.807) is 16.7 Å². The molecule has 0 saturated carbocycles. The van der Waals surface area contributed by atoms with E-state index in [2.05, 4.69) is 31.2 Å². The van der Waals surface area contributed by atoms with Crippen LogP contribution in [0.4, 0.5) is 0 Å². The van der Waals surface area contributed by atoms with Crippen LogP contribution in [0.2, 0.25) is 0 Å². The molecule has 0 unspecified atom stereocenters. The zero-order chi connectivity index (χ0) is 17.4. The molecule has 3 nitrogen and oxygen atoms in total. The SMILES string of the molecule is CCOc1ccc(SCC(=O)N(C)Cc2ccc(CC)cc2)cc1. The van der Waals surface area contributed by atoms with Crippen molar-refractivity contribution >= 4 is 17.7 Å². The van der Waals surface area contributed by atoms with E-state index in [9.17, 15) is 4.79 Å². The monoisotopic (exact) mass is 343 g/mol. The number of hydrogen-bond donors (Lipinski definition) is 0. The minimum Gasteiger partial charge on any atom is -0.494 e. The van der Waals surface area contributed by atoms with E-state index in [1.165, 1.54) is 5.56 Å². The van der Waals surface area contributed by atoms with E-state index in [1.807, 2.05) is 38.2 Å². The average molecular weight is 343 g/mol. The van der Waals surface area contributed by atoms with Gasteiger partial charge in [0.25, 0.3) is 0 Å². The lowest BCUT2D eigenvalue weighted by Crippen LogP contribution is -2.27. The largest absolute Gasteiger partial charge is 0.494 e. The minimum atomic E-state index is 0.133. The van der Waals surface area contributed by atoms with Gasteiger partial charge in [-0.3, -0.25) is 4.79 Å². The lowest BCUT2D eigenvalue weighted by atomic mass is 10.1. The topological polar surface area (TPSA) is 29.5 Å². The van der Waals surface area contributed by atoms with Crippen LogP contribution in [0, 0.1) is 0 Å². The van der Waals surface area contributed by atoms with Gasteiger partial charge in [0.1, 0.15) is 5.75 Å². The standard InChI is InChI=1S/C20H25NO2S/c1-4-16-6-8-17(9-7-16)14-21(3)20(22)15-24-19-12-10-18(11-13-19)23-5-2/h6-13H,4-5,14-15H2,1-3H3. The molecule has 0 atom stereocenters. The third-order valence-electron chi connectivity index (χ3n) is 3.77. The Morgan fingerprint density at radius 1 is 1.00 bits per heavy atom. The third kappa shape index (κ3) is 5.60. The van der Waals surface area contributed by atoms with Crippen molar-refractivity contribution in [1.29, 1.82) is 0 Å². The van der Waals surface area contributed by atoms with Crippen LogP contribution in [0.15, 0.2) is 53.4 Å². The van der Waals surface area contributed by atoms with Crippen LogP contribution < -0.4 is 4.74 Å². The smallest absolute Gasteiger partial charge is 0.232 e. The van der Waals surface area contributed by atoms with Gasteiger partial charge >= 0.3 is 0 Å². The third-order valence-corrected chi connectivity index (χ3v) is 4.77. The number of rotatable bonds is 8. The Hall–Kier alpha value is -1.94. The second kappa shape index (κ2) is 9.38. The van der Waals surface area contributed by atoms with Crippen molar-refractivity contribution in [1.82, 2.24) is 4.90 Å². The molecule has 0 radical (unpaired) electrons. The normalized spacial score (nSPS) is 10.5. The number of amides is 1. The van der Waals surface area contributed by atoms with E-state index in [0.29, 0.717) is 18.9 Å². The van der Waals surface area contributed by atoms with Crippen molar-refractivity contribution in [2.24, 2.45) is 0 Å². The summed E-state index contributed by atoms with van der Waals surface area (Å²) < 4.78 is 5.42. The molecule has 0 spiro atoms. The number of aryl methyl sites for hydroxylation is 1. The number of thioether (sulfide) groups is 1. The molecule has 0 aromatic heterocycles. The predicted molar refractivity (Wildman–Crippen MR) is 101 cm³/mol. The summed E-state index contributed by atoms with van der Waals surface area (Å²) in [7, 11) is 1.86. The number of carbonyl (C=O) groups is 1. The molecule has 24 heavy (non-hydrogen) atoms. The van der Waals surface area contributed by atoms with E-state index >= 15 is 0 Å². The van der Waals surface area contributed by atoms with E-state index < -0.39 is 0 Å². The van der Waals surface area contributed by atoms with Gasteiger partial charge in [0.2, 0.25) is 5.91 Å². The van der Waals surface area contributed by atoms with Crippen molar-refractivity contribution in [3.05, 3.63) is 59.7 Å². The van der Waals surface area contributed by atoms with Crippen LogP contribution in [0.3, 0.4) is 0 Å². The second-order valence-electron chi connectivity index (χ2n) is 5.61. The lowest BCUT2D eigenvalue weighted by molar-refractivity contribution is -0.127. The fourth-order valence-electron chi connectivity index (χ4n) is 2.30. The van der Waals surface area contributed by atoms with Gasteiger partial charge in [-0.25, -0.2) is 0 Å². The van der Waals surface area contributed by atoms with Crippen LogP contribution in [-0.4, -0.2) is 30.2 Å². The maximum absolute atomic E-state index is 12.3. The molecule has 0 N–H and O–H groups in total. The van der Waals surface area contributed by atoms with Crippen LogP contribution in [0.1, 0.15) is 25.0 Å². The minimum absolute atomic E-state index is 0.133. The summed E-state index contributed by atoms with van der Waals surface area (Å²) in [6.45, 7) is 5.41. The molecule has 2 aromatic rings. The van der Waals surface area contributed by atoms with Gasteiger partial charge in [-0.1, -0.05) is 31.2 Å². The quantitative estimate of drug-likeness (QED) is 0.666. The zero-order valence-electron chi connectivity index (χ0n) is 14.6. The highest BCUT2D eigenvalue weighted by atomic mass is 32.2. The number of hydrogen-bond acceptors (Lipinski definition) is 3. The fourth-order valence-corrected chi connectivity index (χ4v) is 3.14. The molecular weight excluding hydrogens is 318 g/mol. The van der Waals surface area contributed by atoms with Crippen LogP contribution in [-0.2, 0) is 17.8 Å². The molecular formula is C20H25NO2S. The highest BCUT2D eigenvalue weighted by Crippen LogP contribution is 2.22. The Bertz CT molecular complexity index is 638. The van der Waals surface area contributed by atoms with Crippen molar-refractivity contribution < 1.29 is 9.53 Å². The summed E-state index contributed by atoms with van der Waals surface area (Å²) in [4.78, 5) is 15.2. The fraction of sp³-hybridized carbons (Fsp3) is 0.350. The van der Waals surface area contributed by atoms with Crippen molar-refractivity contribution in [3.8, 4) is 5.75 Å². The Morgan fingerprint density at radius 2 is 1.62 bits per heavy atom. The van der Waals surface area contributed by atoms with E-state index in [0.717, 1.165) is 22.6 Å². The number of benzene rings is 2. The maximum atomic E-state index is 12.3. The highest BCUT2D eigenvalue weighted by Gasteiger charge is 2.10. The second-order valence-corrected chi connectivity index (χ2v) is 6.66. The average Bonchev–Trinajstić information content (AvgIpc) is 2.61. The van der Waals surface area contributed by atoms with Gasteiger partial charge in [-0.05, 0) is 48.7 Å². The molecule has 1 amide bonds. The van der Waals surface area contributed by atoms with Gasteiger partial charge in [-0.15, -0.1) is 11.8 Å². The lowest BCUT2D eigenvalue weighted by Gasteiger charge is -2.17. The van der Waals surface area contributed by atoms with Crippen LogP contribution in [0.5, 0.6) is 5.75 Å². The molecule has 0 aliphatic carbocycles. The molecule has 4 heteroatoms. The zero-order valence-corrected chi connectivity index (χ0v) is 15.4. The van der Waals surface area contributed by atoms with Crippen LogP contribution >= 0.6 is 11.8 Å². The molecule has 2 rings (SSSR count). The summed E-state index contributed by atoms with van der Waals surface area (Å²) in [6, 6.07) is 16.3. The highest BCUT2D eigenvalue weighted by molar-refractivity contribution is 8.00. The molecule has 0 bridgehead atoms. The molecule has 2 aromatic carbocycles. The number of ether oxygens (including phenoxy) is 1. The Morgan fingerprint density at radius 3 is 2.21 bits per heavy atom. The summed E-state index contributed by atoms with van der Waals surface area (Å²) in [5, 5.41) is 0. The van der Waals surface area contributed by atoms with E-state index in [-0.39, 0.29) is 5.91 Å². The van der Waals surface area contributed by atoms with Crippen LogP contribution in [0.25, 0.3) is 0 Å². The Balaban J connectivity index is 1.82. The first-order valence-electron chi connectivity index (χ1n) is 8.29. The first kappa shape index (κ1) is 18.4. The van der Waals surface area contributed by atoms with Crippen molar-refractivity contribution in [3.63, 3.8) is 0 Å². The molecule has 0 fully saturated rings. The maximum Gasteiger partial charge on any atom is 0.232 e. The van der Waals surface area contributed by atoms with Gasteiger partial charge in [0.05, 0.1) is 12.4 Å². The first-order chi connectivity index (χ1) is 11.6. The summed E-state index contributed by atoms with van der Waals surface area (Å²) in [5.41, 5.74) is 2.48. The van der Waals surface area contributed by atoms with Crippen molar-refractivity contribution in [2.45, 2.75) is 31.7 Å². The number of carbonyl (C=O) groups excluding carboxylic acids is 1. The van der Waals surface area contributed by atoms with Crippen molar-refractivity contribution in [2.75, 3.05) is 19.4 Å². The predicted octanol–water partition coefficient (Wildman–Crippen LogP) is 4.40. The molecule has 0 aliphatic rings. The van der Waals surface area contributed by atoms with Gasteiger partial charge < -0.3 is 9.64 Å². The molecule has 0 aliphatic heterocycles. The molecule has 0 saturated heterocycles. The molecule has 0 heterocycles. The van der Waals surface area contributed by atoms with Gasteiger partial charge in [0.15, 0.2) is 0 Å². The van der Waals surface area contributed by atoms with Gasteiger partial charge in [-0.2, -0.15) is 0 Å². The summed E-state index contributed by atoms with van der Waals surface area (Å²) in [5.74, 6) is 1.44. The number of nitrogens with zero attached hydrogens (tertiary/aromatic N) is 1. The Kier molecular flexibility index (Phi) is 7.19. The molecule has 128 valence electrons. The first-order valence-corrected chi connectivity index (χ1v) is 9.28. The Labute approximate surface area is 149 Å². The summed E-state index contributed by atoms with van der Waals surface area (Å²) >= 11 is 1.55. The van der Waals surface area contributed by atoms with E-state index in [4.69, 9.17) is 4.74 Å².